The summed E-state index contributed by atoms with van der Waals surface area (Å²) in [6.45, 7) is 2.99. The molecule has 2 rings (SSSR count). The van der Waals surface area contributed by atoms with Crippen molar-refractivity contribution in [3.63, 3.8) is 0 Å². The summed E-state index contributed by atoms with van der Waals surface area (Å²) in [5, 5.41) is 6.86. The molecule has 0 aromatic heterocycles. The Hall–Kier alpha value is -0.440. The highest BCUT2D eigenvalue weighted by molar-refractivity contribution is 5.85. The molecule has 0 spiro atoms. The fourth-order valence-corrected chi connectivity index (χ4v) is 1.95. The van der Waals surface area contributed by atoms with E-state index >= 15 is 0 Å². The molecule has 4 nitrogen and oxygen atoms in total. The zero-order valence-corrected chi connectivity index (χ0v) is 6.92. The first kappa shape index (κ1) is 8.65. The fourth-order valence-electron chi connectivity index (χ4n) is 1.95. The smallest absolute Gasteiger partial charge is 0.0292 e. The van der Waals surface area contributed by atoms with Crippen LogP contribution in [0.5, 0.6) is 0 Å². The van der Waals surface area contributed by atoms with Gasteiger partial charge in [-0.3, -0.25) is 0 Å². The van der Waals surface area contributed by atoms with Crippen LogP contribution in [0.1, 0.15) is 0 Å². The number of halogens is 1. The summed E-state index contributed by atoms with van der Waals surface area (Å²) in [7, 11) is 0. The lowest BCUT2D eigenvalue weighted by Gasteiger charge is -1.97. The van der Waals surface area contributed by atoms with Gasteiger partial charge >= 0.3 is 0 Å². The Morgan fingerprint density at radius 3 is 2.64 bits per heavy atom. The Labute approximate surface area is 71.4 Å². The molecule has 0 amide bonds. The van der Waals surface area contributed by atoms with E-state index in [4.69, 9.17) is 5.53 Å². The predicted octanol–water partition coefficient (Wildman–Crippen LogP) is 1.18. The highest BCUT2D eigenvalue weighted by Gasteiger charge is 2.51. The maximum atomic E-state index is 8.05. The van der Waals surface area contributed by atoms with E-state index in [2.05, 4.69) is 15.3 Å². The third kappa shape index (κ3) is 1.43. The van der Waals surface area contributed by atoms with E-state index in [1.54, 1.807) is 0 Å². The molecule has 1 heterocycles. The molecule has 1 aliphatic carbocycles. The summed E-state index contributed by atoms with van der Waals surface area (Å²) in [5.74, 6) is 2.35. The van der Waals surface area contributed by atoms with Crippen LogP contribution in [-0.2, 0) is 0 Å². The van der Waals surface area contributed by atoms with Crippen LogP contribution in [0.2, 0.25) is 0 Å². The lowest BCUT2D eigenvalue weighted by molar-refractivity contribution is 0.603. The molecular formula is C6H11ClN4. The lowest BCUT2D eigenvalue weighted by Crippen LogP contribution is -2.15. The van der Waals surface area contributed by atoms with Crippen LogP contribution < -0.4 is 5.32 Å². The van der Waals surface area contributed by atoms with Crippen molar-refractivity contribution in [2.45, 2.75) is 0 Å². The van der Waals surface area contributed by atoms with Gasteiger partial charge in [0.25, 0.3) is 0 Å². The lowest BCUT2D eigenvalue weighted by atomic mass is 10.3. The number of nitrogens with zero attached hydrogens (tertiary/aromatic N) is 3. The molecule has 3 atom stereocenters. The molecule has 0 aromatic carbocycles. The quantitative estimate of drug-likeness (QED) is 0.382. The van der Waals surface area contributed by atoms with Gasteiger partial charge in [-0.2, -0.15) is 0 Å². The molecule has 1 aliphatic heterocycles. The van der Waals surface area contributed by atoms with Crippen LogP contribution in [0, 0.1) is 17.8 Å². The molecule has 1 saturated carbocycles. The maximum Gasteiger partial charge on any atom is 0.0292 e. The second-order valence-corrected chi connectivity index (χ2v) is 3.06. The van der Waals surface area contributed by atoms with E-state index in [0.29, 0.717) is 12.5 Å². The minimum atomic E-state index is 0. The molecule has 1 saturated heterocycles. The van der Waals surface area contributed by atoms with Crippen molar-refractivity contribution in [2.75, 3.05) is 19.6 Å². The summed E-state index contributed by atoms with van der Waals surface area (Å²) in [5.41, 5.74) is 8.05. The Kier molecular flexibility index (Phi) is 2.60. The van der Waals surface area contributed by atoms with Gasteiger partial charge in [0.15, 0.2) is 0 Å². The zero-order chi connectivity index (χ0) is 6.97. The first-order chi connectivity index (χ1) is 4.93. The van der Waals surface area contributed by atoms with E-state index in [9.17, 15) is 0 Å². The van der Waals surface area contributed by atoms with Gasteiger partial charge in [-0.25, -0.2) is 0 Å². The van der Waals surface area contributed by atoms with Crippen molar-refractivity contribution in [1.29, 1.82) is 0 Å². The molecule has 11 heavy (non-hydrogen) atoms. The molecule has 5 heteroatoms. The Balaban J connectivity index is 0.000000605. The average Bonchev–Trinajstić information content (AvgIpc) is 2.46. The average molecular weight is 175 g/mol. The SMILES string of the molecule is Cl.[N-]=[N+]=NCC1[C@H]2CNC[C@@H]12. The molecule has 62 valence electrons. The van der Waals surface area contributed by atoms with E-state index in [1.807, 2.05) is 0 Å². The van der Waals surface area contributed by atoms with Crippen LogP contribution >= 0.6 is 12.4 Å². The molecule has 2 aliphatic rings. The first-order valence-corrected chi connectivity index (χ1v) is 3.65. The molecule has 0 aromatic rings. The van der Waals surface area contributed by atoms with Crippen LogP contribution in [0.25, 0.3) is 10.4 Å². The third-order valence-electron chi connectivity index (χ3n) is 2.62. The Morgan fingerprint density at radius 1 is 1.45 bits per heavy atom. The first-order valence-electron chi connectivity index (χ1n) is 3.65. The van der Waals surface area contributed by atoms with Gasteiger partial charge in [0, 0.05) is 11.5 Å². The second kappa shape index (κ2) is 3.30. The number of hydrogen-bond donors (Lipinski definition) is 1. The highest BCUT2D eigenvalue weighted by Crippen LogP contribution is 2.48. The summed E-state index contributed by atoms with van der Waals surface area (Å²) in [4.78, 5) is 2.75. The molecule has 1 unspecified atom stereocenters. The normalized spacial score (nSPS) is 38.4. The fraction of sp³-hybridized carbons (Fsp3) is 1.00. The number of piperidine rings is 1. The van der Waals surface area contributed by atoms with Crippen molar-refractivity contribution >= 4 is 12.4 Å². The molecular weight excluding hydrogens is 164 g/mol. The van der Waals surface area contributed by atoms with Crippen LogP contribution in [0.4, 0.5) is 0 Å². The number of azide groups is 1. The van der Waals surface area contributed by atoms with Gasteiger partial charge in [-0.05, 0) is 36.4 Å². The monoisotopic (exact) mass is 174 g/mol. The van der Waals surface area contributed by atoms with Crippen LogP contribution in [0.3, 0.4) is 0 Å². The molecule has 0 radical (unpaired) electrons. The van der Waals surface area contributed by atoms with Gasteiger partial charge < -0.3 is 5.32 Å². The highest BCUT2D eigenvalue weighted by atomic mass is 35.5. The van der Waals surface area contributed by atoms with E-state index in [-0.39, 0.29) is 12.4 Å². The standard InChI is InChI=1S/C6H10N4.ClH/c7-10-9-3-6-4-1-8-2-5(4)6;/h4-6,8H,1-3H2;1H/t4-,5+,6?;. The molecule has 0 bridgehead atoms. The minimum Gasteiger partial charge on any atom is -0.316 e. The third-order valence-corrected chi connectivity index (χ3v) is 2.62. The molecule has 2 fully saturated rings. The van der Waals surface area contributed by atoms with E-state index in [1.165, 1.54) is 0 Å². The number of nitrogens with one attached hydrogen (secondary N) is 1. The molecule has 1 N–H and O–H groups in total. The van der Waals surface area contributed by atoms with Crippen LogP contribution in [0.15, 0.2) is 5.11 Å². The van der Waals surface area contributed by atoms with Gasteiger partial charge in [0.05, 0.1) is 0 Å². The minimum absolute atomic E-state index is 0. The number of hydrogen-bond acceptors (Lipinski definition) is 2. The van der Waals surface area contributed by atoms with Crippen molar-refractivity contribution < 1.29 is 0 Å². The summed E-state index contributed by atoms with van der Waals surface area (Å²) >= 11 is 0. The van der Waals surface area contributed by atoms with Gasteiger partial charge in [0.1, 0.15) is 0 Å². The number of rotatable bonds is 2. The summed E-state index contributed by atoms with van der Waals surface area (Å²) < 4.78 is 0. The van der Waals surface area contributed by atoms with Gasteiger partial charge in [-0.1, -0.05) is 5.11 Å². The van der Waals surface area contributed by atoms with Crippen molar-refractivity contribution in [3.05, 3.63) is 10.4 Å². The van der Waals surface area contributed by atoms with Gasteiger partial charge in [-0.15, -0.1) is 12.4 Å². The van der Waals surface area contributed by atoms with E-state index in [0.717, 1.165) is 24.9 Å². The van der Waals surface area contributed by atoms with Crippen molar-refractivity contribution in [2.24, 2.45) is 22.9 Å². The van der Waals surface area contributed by atoms with Crippen molar-refractivity contribution in [1.82, 2.24) is 5.32 Å². The van der Waals surface area contributed by atoms with E-state index < -0.39 is 0 Å². The maximum absolute atomic E-state index is 8.05. The Morgan fingerprint density at radius 2 is 2.09 bits per heavy atom. The summed E-state index contributed by atoms with van der Waals surface area (Å²) in [6.07, 6.45) is 0. The van der Waals surface area contributed by atoms with Crippen LogP contribution in [-0.4, -0.2) is 19.6 Å². The van der Waals surface area contributed by atoms with Gasteiger partial charge in [0.2, 0.25) is 0 Å². The number of fused-ring (bicyclic) bond motifs is 1. The second-order valence-electron chi connectivity index (χ2n) is 3.06. The predicted molar refractivity (Wildman–Crippen MR) is 44.6 cm³/mol. The zero-order valence-electron chi connectivity index (χ0n) is 6.10. The topological polar surface area (TPSA) is 60.8 Å². The van der Waals surface area contributed by atoms with Crippen molar-refractivity contribution in [3.8, 4) is 0 Å². The summed E-state index contributed by atoms with van der Waals surface area (Å²) in [6, 6.07) is 0. The largest absolute Gasteiger partial charge is 0.316 e. The Bertz CT molecular complexity index is 179.